The molecule has 0 N–H and O–H groups in total. The van der Waals surface area contributed by atoms with Crippen LogP contribution in [0.15, 0.2) is 56.5 Å². The predicted molar refractivity (Wildman–Crippen MR) is 130 cm³/mol. The molecule has 4 aromatic rings. The van der Waals surface area contributed by atoms with Gasteiger partial charge in [-0.3, -0.25) is 13.9 Å². The van der Waals surface area contributed by atoms with Crippen LogP contribution in [0, 0.1) is 6.92 Å². The number of hydrogen-bond acceptors (Lipinski definition) is 7. The minimum atomic E-state index is -0.396. The number of ether oxygens (including phenoxy) is 3. The summed E-state index contributed by atoms with van der Waals surface area (Å²) < 4.78 is 25.4. The van der Waals surface area contributed by atoms with Gasteiger partial charge in [-0.2, -0.15) is 0 Å². The summed E-state index contributed by atoms with van der Waals surface area (Å²) in [5, 5.41) is 0.473. The summed E-state index contributed by atoms with van der Waals surface area (Å²) in [5.74, 6) is 2.00. The summed E-state index contributed by atoms with van der Waals surface area (Å²) in [6.07, 6.45) is 1.61. The number of nitrogens with zero attached hydrogens (tertiary/aromatic N) is 3. The second-order valence-electron chi connectivity index (χ2n) is 8.50. The highest BCUT2D eigenvalue weighted by atomic mass is 16.5. The van der Waals surface area contributed by atoms with Crippen LogP contribution in [0.1, 0.15) is 24.3 Å². The zero-order valence-corrected chi connectivity index (χ0v) is 19.9. The van der Waals surface area contributed by atoms with Gasteiger partial charge in [0.15, 0.2) is 11.5 Å². The van der Waals surface area contributed by atoms with Crippen LogP contribution in [-0.4, -0.2) is 41.0 Å². The topological polar surface area (TPSA) is 97.7 Å². The standard InChI is InChI=1S/C26H27N3O6/c1-16-20(27-24(35-16)19-10-6-12-22(32-2)23(19)33-3)15-28-21-11-5-4-9-18(21)25(30)29(26(28)31)14-17-8-7-13-34-17/h4-6,9-12,17H,7-8,13-15H2,1-3H3/t17-/m1/s1. The molecule has 5 rings (SSSR count). The summed E-state index contributed by atoms with van der Waals surface area (Å²) in [7, 11) is 3.12. The van der Waals surface area contributed by atoms with E-state index in [-0.39, 0.29) is 24.8 Å². The van der Waals surface area contributed by atoms with Crippen LogP contribution in [-0.2, 0) is 17.8 Å². The molecule has 0 amide bonds. The highest BCUT2D eigenvalue weighted by Crippen LogP contribution is 2.38. The molecule has 1 aliphatic heterocycles. The molecule has 35 heavy (non-hydrogen) atoms. The van der Waals surface area contributed by atoms with E-state index in [1.54, 1.807) is 50.0 Å². The van der Waals surface area contributed by atoms with E-state index >= 15 is 0 Å². The molecule has 1 saturated heterocycles. The molecule has 1 atom stereocenters. The van der Waals surface area contributed by atoms with Gasteiger partial charge in [0.25, 0.3) is 5.56 Å². The maximum Gasteiger partial charge on any atom is 0.331 e. The summed E-state index contributed by atoms with van der Waals surface area (Å²) in [6, 6.07) is 12.6. The molecule has 0 spiro atoms. The number of para-hydroxylation sites is 2. The van der Waals surface area contributed by atoms with E-state index in [1.807, 2.05) is 18.2 Å². The highest BCUT2D eigenvalue weighted by Gasteiger charge is 2.23. The van der Waals surface area contributed by atoms with Gasteiger partial charge in [0.05, 0.1) is 49.9 Å². The van der Waals surface area contributed by atoms with Gasteiger partial charge >= 0.3 is 5.69 Å². The molecular formula is C26H27N3O6. The zero-order valence-electron chi connectivity index (χ0n) is 19.9. The van der Waals surface area contributed by atoms with E-state index in [9.17, 15) is 9.59 Å². The van der Waals surface area contributed by atoms with Crippen molar-refractivity contribution in [1.29, 1.82) is 0 Å². The number of methoxy groups -OCH3 is 2. The summed E-state index contributed by atoms with van der Waals surface area (Å²) >= 11 is 0. The molecule has 0 saturated carbocycles. The fourth-order valence-corrected chi connectivity index (χ4v) is 4.57. The first-order valence-corrected chi connectivity index (χ1v) is 11.5. The second kappa shape index (κ2) is 9.42. The number of hydrogen-bond donors (Lipinski definition) is 0. The Morgan fingerprint density at radius 2 is 1.89 bits per heavy atom. The number of rotatable bonds is 7. The van der Waals surface area contributed by atoms with Gasteiger partial charge < -0.3 is 18.6 Å². The van der Waals surface area contributed by atoms with Crippen molar-refractivity contribution in [3.05, 3.63) is 74.8 Å². The van der Waals surface area contributed by atoms with Crippen molar-refractivity contribution < 1.29 is 18.6 Å². The number of oxazole rings is 1. The highest BCUT2D eigenvalue weighted by molar-refractivity contribution is 5.78. The first kappa shape index (κ1) is 22.9. The third kappa shape index (κ3) is 4.12. The van der Waals surface area contributed by atoms with E-state index in [0.29, 0.717) is 51.9 Å². The second-order valence-corrected chi connectivity index (χ2v) is 8.50. The molecule has 1 fully saturated rings. The fourth-order valence-electron chi connectivity index (χ4n) is 4.57. The molecule has 2 aromatic heterocycles. The van der Waals surface area contributed by atoms with Gasteiger partial charge in [0.1, 0.15) is 11.5 Å². The Kier molecular flexibility index (Phi) is 6.17. The van der Waals surface area contributed by atoms with Crippen molar-refractivity contribution in [1.82, 2.24) is 14.1 Å². The van der Waals surface area contributed by atoms with Gasteiger partial charge in [0.2, 0.25) is 5.89 Å². The fraction of sp³-hybridized carbons (Fsp3) is 0.346. The molecule has 182 valence electrons. The van der Waals surface area contributed by atoms with Crippen LogP contribution in [0.25, 0.3) is 22.4 Å². The Balaban J connectivity index is 1.60. The van der Waals surface area contributed by atoms with Gasteiger partial charge in [-0.05, 0) is 44.0 Å². The third-order valence-corrected chi connectivity index (χ3v) is 6.38. The van der Waals surface area contributed by atoms with Crippen molar-refractivity contribution in [2.45, 2.75) is 39.0 Å². The van der Waals surface area contributed by atoms with Crippen molar-refractivity contribution in [3.8, 4) is 23.0 Å². The van der Waals surface area contributed by atoms with E-state index in [4.69, 9.17) is 18.6 Å². The zero-order chi connectivity index (χ0) is 24.5. The Labute approximate surface area is 201 Å². The van der Waals surface area contributed by atoms with Crippen molar-refractivity contribution in [2.75, 3.05) is 20.8 Å². The van der Waals surface area contributed by atoms with E-state index < -0.39 is 5.69 Å². The lowest BCUT2D eigenvalue weighted by atomic mass is 10.2. The van der Waals surface area contributed by atoms with Crippen LogP contribution in [0.2, 0.25) is 0 Å². The molecular weight excluding hydrogens is 450 g/mol. The molecule has 0 bridgehead atoms. The minimum Gasteiger partial charge on any atom is -0.493 e. The largest absolute Gasteiger partial charge is 0.493 e. The molecule has 9 heteroatoms. The normalized spacial score (nSPS) is 15.6. The number of fused-ring (bicyclic) bond motifs is 1. The lowest BCUT2D eigenvalue weighted by Gasteiger charge is -2.16. The average Bonchev–Trinajstić information content (AvgIpc) is 3.53. The quantitative estimate of drug-likeness (QED) is 0.403. The van der Waals surface area contributed by atoms with Gasteiger partial charge in [-0.15, -0.1) is 0 Å². The van der Waals surface area contributed by atoms with E-state index in [1.165, 1.54) is 4.57 Å². The molecule has 0 unspecified atom stereocenters. The summed E-state index contributed by atoms with van der Waals surface area (Å²) in [5.41, 5.74) is 1.07. The first-order valence-electron chi connectivity index (χ1n) is 11.5. The molecule has 2 aromatic carbocycles. The lowest BCUT2D eigenvalue weighted by Crippen LogP contribution is -2.42. The number of benzene rings is 2. The Bertz CT molecular complexity index is 1490. The summed E-state index contributed by atoms with van der Waals surface area (Å²) in [6.45, 7) is 2.82. The van der Waals surface area contributed by atoms with Gasteiger partial charge in [-0.1, -0.05) is 18.2 Å². The Morgan fingerprint density at radius 3 is 2.63 bits per heavy atom. The van der Waals surface area contributed by atoms with E-state index in [0.717, 1.165) is 12.8 Å². The van der Waals surface area contributed by atoms with Crippen LogP contribution in [0.3, 0.4) is 0 Å². The predicted octanol–water partition coefficient (Wildman–Crippen LogP) is 3.37. The third-order valence-electron chi connectivity index (χ3n) is 6.38. The first-order chi connectivity index (χ1) is 17.0. The Morgan fingerprint density at radius 1 is 1.06 bits per heavy atom. The smallest absolute Gasteiger partial charge is 0.331 e. The maximum atomic E-state index is 13.5. The van der Waals surface area contributed by atoms with Crippen LogP contribution in [0.5, 0.6) is 11.5 Å². The average molecular weight is 478 g/mol. The van der Waals surface area contributed by atoms with Gasteiger partial charge in [0, 0.05) is 6.61 Å². The number of aryl methyl sites for hydroxylation is 1. The SMILES string of the molecule is COc1cccc(-c2nc(Cn3c(=O)n(C[C@H]4CCCO4)c(=O)c4ccccc43)c(C)o2)c1OC. The molecule has 9 nitrogen and oxygen atoms in total. The monoisotopic (exact) mass is 477 g/mol. The lowest BCUT2D eigenvalue weighted by molar-refractivity contribution is 0.0948. The molecule has 0 radical (unpaired) electrons. The molecule has 3 heterocycles. The maximum absolute atomic E-state index is 13.5. The van der Waals surface area contributed by atoms with Crippen molar-refractivity contribution >= 4 is 10.9 Å². The van der Waals surface area contributed by atoms with Gasteiger partial charge in [-0.25, -0.2) is 9.78 Å². The van der Waals surface area contributed by atoms with Crippen molar-refractivity contribution in [3.63, 3.8) is 0 Å². The van der Waals surface area contributed by atoms with E-state index in [2.05, 4.69) is 4.98 Å². The van der Waals surface area contributed by atoms with Crippen molar-refractivity contribution in [2.24, 2.45) is 0 Å². The molecule has 1 aliphatic rings. The number of aromatic nitrogens is 3. The minimum absolute atomic E-state index is 0.143. The van der Waals surface area contributed by atoms with Crippen LogP contribution in [0.4, 0.5) is 0 Å². The summed E-state index contributed by atoms with van der Waals surface area (Å²) in [4.78, 5) is 31.4. The Hall–Kier alpha value is -3.85. The van der Waals surface area contributed by atoms with Crippen LogP contribution < -0.4 is 20.7 Å². The van der Waals surface area contributed by atoms with Crippen LogP contribution >= 0.6 is 0 Å². The molecule has 0 aliphatic carbocycles.